The molecule has 2 aromatic rings. The van der Waals surface area contributed by atoms with Crippen molar-refractivity contribution in [1.29, 1.82) is 0 Å². The molecule has 25 heavy (non-hydrogen) atoms. The Morgan fingerprint density at radius 2 is 1.80 bits per heavy atom. The van der Waals surface area contributed by atoms with E-state index in [4.69, 9.17) is 9.47 Å². The van der Waals surface area contributed by atoms with Gasteiger partial charge in [0.05, 0.1) is 5.92 Å². The first-order valence-electron chi connectivity index (χ1n) is 8.44. The molecule has 0 radical (unpaired) electrons. The molecule has 0 bridgehead atoms. The highest BCUT2D eigenvalue weighted by Gasteiger charge is 2.27. The zero-order valence-electron chi connectivity index (χ0n) is 14.8. The molecule has 0 amide bonds. The topological polar surface area (TPSA) is 52.6 Å². The highest BCUT2D eigenvalue weighted by Crippen LogP contribution is 2.27. The van der Waals surface area contributed by atoms with E-state index in [1.807, 2.05) is 57.2 Å². The maximum atomic E-state index is 12.4. The molecule has 0 spiro atoms. The monoisotopic (exact) mass is 338 g/mol. The molecule has 4 nitrogen and oxygen atoms in total. The Bertz CT molecular complexity index is 823. The van der Waals surface area contributed by atoms with Crippen LogP contribution >= 0.6 is 0 Å². The van der Waals surface area contributed by atoms with Crippen LogP contribution in [0.3, 0.4) is 0 Å². The molecule has 4 heteroatoms. The van der Waals surface area contributed by atoms with Crippen molar-refractivity contribution in [2.75, 3.05) is 13.2 Å². The summed E-state index contributed by atoms with van der Waals surface area (Å²) in [6.07, 6.45) is 0.575. The third kappa shape index (κ3) is 3.73. The van der Waals surface area contributed by atoms with Crippen LogP contribution in [0.4, 0.5) is 0 Å². The Kier molecular flexibility index (Phi) is 4.88. The number of ether oxygens (including phenoxy) is 2. The highest BCUT2D eigenvalue weighted by atomic mass is 16.5. The number of carbonyl (C=O) groups excluding carboxylic acids is 2. The number of Topliss-reactive ketones (excluding diaryl/α,β-unsaturated/α-hetero) is 1. The van der Waals surface area contributed by atoms with Crippen LogP contribution in [0.2, 0.25) is 0 Å². The lowest BCUT2D eigenvalue weighted by molar-refractivity contribution is -0.148. The lowest BCUT2D eigenvalue weighted by Crippen LogP contribution is -2.31. The van der Waals surface area contributed by atoms with E-state index in [-0.39, 0.29) is 30.9 Å². The first-order chi connectivity index (χ1) is 12.0. The maximum absolute atomic E-state index is 12.4. The minimum atomic E-state index is -0.385. The van der Waals surface area contributed by atoms with E-state index >= 15 is 0 Å². The van der Waals surface area contributed by atoms with Crippen molar-refractivity contribution in [1.82, 2.24) is 0 Å². The van der Waals surface area contributed by atoms with Crippen molar-refractivity contribution in [2.45, 2.75) is 27.2 Å². The third-order valence-corrected chi connectivity index (χ3v) is 4.70. The number of benzene rings is 2. The van der Waals surface area contributed by atoms with Crippen molar-refractivity contribution in [3.8, 4) is 5.75 Å². The molecular weight excluding hydrogens is 316 g/mol. The minimum absolute atomic E-state index is 0.175. The minimum Gasteiger partial charge on any atom is -0.492 e. The number of para-hydroxylation sites is 1. The molecule has 0 saturated carbocycles. The van der Waals surface area contributed by atoms with Gasteiger partial charge in [0.15, 0.2) is 6.61 Å². The summed E-state index contributed by atoms with van der Waals surface area (Å²) in [4.78, 5) is 24.7. The van der Waals surface area contributed by atoms with Crippen LogP contribution in [0.25, 0.3) is 0 Å². The predicted octanol–water partition coefficient (Wildman–Crippen LogP) is 3.59. The number of hydrogen-bond donors (Lipinski definition) is 0. The summed E-state index contributed by atoms with van der Waals surface area (Å²) < 4.78 is 10.9. The van der Waals surface area contributed by atoms with Crippen molar-refractivity contribution >= 4 is 11.8 Å². The Morgan fingerprint density at radius 3 is 2.60 bits per heavy atom. The average molecular weight is 338 g/mol. The molecule has 0 saturated heterocycles. The molecule has 3 rings (SSSR count). The van der Waals surface area contributed by atoms with E-state index in [0.29, 0.717) is 12.0 Å². The van der Waals surface area contributed by atoms with Gasteiger partial charge in [-0.3, -0.25) is 9.59 Å². The van der Waals surface area contributed by atoms with E-state index in [9.17, 15) is 9.59 Å². The quantitative estimate of drug-likeness (QED) is 0.631. The SMILES string of the molecule is Cc1cc(C)c(C(=O)COC(=O)C2COc3ccccc3C2)cc1C. The second-order valence-corrected chi connectivity index (χ2v) is 6.60. The second kappa shape index (κ2) is 7.09. The van der Waals surface area contributed by atoms with Crippen LogP contribution in [0.15, 0.2) is 36.4 Å². The van der Waals surface area contributed by atoms with Gasteiger partial charge < -0.3 is 9.47 Å². The van der Waals surface area contributed by atoms with Crippen LogP contribution in [0.5, 0.6) is 5.75 Å². The van der Waals surface area contributed by atoms with E-state index < -0.39 is 0 Å². The fraction of sp³-hybridized carbons (Fsp3) is 0.333. The van der Waals surface area contributed by atoms with Crippen molar-refractivity contribution in [3.63, 3.8) is 0 Å². The van der Waals surface area contributed by atoms with Gasteiger partial charge in [0.25, 0.3) is 0 Å². The molecule has 0 N–H and O–H groups in total. The molecule has 1 aliphatic heterocycles. The summed E-state index contributed by atoms with van der Waals surface area (Å²) in [6.45, 7) is 5.92. The molecule has 0 aromatic heterocycles. The van der Waals surface area contributed by atoms with Gasteiger partial charge in [-0.2, -0.15) is 0 Å². The molecule has 1 aliphatic rings. The highest BCUT2D eigenvalue weighted by molar-refractivity contribution is 5.99. The van der Waals surface area contributed by atoms with Crippen LogP contribution in [0.1, 0.15) is 32.6 Å². The zero-order valence-corrected chi connectivity index (χ0v) is 14.8. The maximum Gasteiger partial charge on any atom is 0.313 e. The largest absolute Gasteiger partial charge is 0.492 e. The predicted molar refractivity (Wildman–Crippen MR) is 95.1 cm³/mol. The number of esters is 1. The number of aryl methyl sites for hydroxylation is 3. The smallest absolute Gasteiger partial charge is 0.313 e. The molecule has 1 unspecified atom stereocenters. The Labute approximate surface area is 147 Å². The number of rotatable bonds is 4. The van der Waals surface area contributed by atoms with E-state index in [2.05, 4.69) is 0 Å². The van der Waals surface area contributed by atoms with Crippen molar-refractivity contribution in [2.24, 2.45) is 5.92 Å². The van der Waals surface area contributed by atoms with E-state index in [1.165, 1.54) is 0 Å². The fourth-order valence-electron chi connectivity index (χ4n) is 3.07. The molecule has 2 aromatic carbocycles. The molecular formula is C21H22O4. The van der Waals surface area contributed by atoms with Crippen LogP contribution in [-0.2, 0) is 16.0 Å². The van der Waals surface area contributed by atoms with Gasteiger partial charge in [0.2, 0.25) is 5.78 Å². The molecule has 0 aliphatic carbocycles. The first kappa shape index (κ1) is 17.2. The van der Waals surface area contributed by atoms with Crippen molar-refractivity contribution < 1.29 is 19.1 Å². The van der Waals surface area contributed by atoms with E-state index in [0.717, 1.165) is 28.0 Å². The Balaban J connectivity index is 1.61. The number of ketones is 1. The van der Waals surface area contributed by atoms with Gasteiger partial charge >= 0.3 is 5.97 Å². The zero-order chi connectivity index (χ0) is 18.0. The summed E-state index contributed by atoms with van der Waals surface area (Å²) in [5.41, 5.74) is 4.70. The number of hydrogen-bond acceptors (Lipinski definition) is 4. The average Bonchev–Trinajstić information content (AvgIpc) is 2.62. The lowest BCUT2D eigenvalue weighted by Gasteiger charge is -2.23. The molecule has 1 atom stereocenters. The summed E-state index contributed by atoms with van der Waals surface area (Å²) in [5, 5.41) is 0. The van der Waals surface area contributed by atoms with Gasteiger partial charge in [-0.25, -0.2) is 0 Å². The third-order valence-electron chi connectivity index (χ3n) is 4.70. The summed E-state index contributed by atoms with van der Waals surface area (Å²) in [7, 11) is 0. The van der Waals surface area contributed by atoms with Gasteiger partial charge in [0.1, 0.15) is 12.4 Å². The van der Waals surface area contributed by atoms with Gasteiger partial charge in [-0.1, -0.05) is 24.3 Å². The Morgan fingerprint density at radius 1 is 1.08 bits per heavy atom. The van der Waals surface area contributed by atoms with Gasteiger partial charge in [-0.05, 0) is 61.6 Å². The number of fused-ring (bicyclic) bond motifs is 1. The van der Waals surface area contributed by atoms with Crippen LogP contribution in [0, 0.1) is 26.7 Å². The normalized spacial score (nSPS) is 15.9. The second-order valence-electron chi connectivity index (χ2n) is 6.60. The summed E-state index contributed by atoms with van der Waals surface area (Å²) >= 11 is 0. The Hall–Kier alpha value is -2.62. The fourth-order valence-corrected chi connectivity index (χ4v) is 3.07. The van der Waals surface area contributed by atoms with Gasteiger partial charge in [0, 0.05) is 5.56 Å². The van der Waals surface area contributed by atoms with Crippen LogP contribution in [-0.4, -0.2) is 25.0 Å². The van der Waals surface area contributed by atoms with Crippen molar-refractivity contribution in [3.05, 3.63) is 64.2 Å². The lowest BCUT2D eigenvalue weighted by atomic mass is 9.97. The van der Waals surface area contributed by atoms with E-state index in [1.54, 1.807) is 0 Å². The molecule has 130 valence electrons. The standard InChI is InChI=1S/C21H22O4/c1-13-8-15(3)18(9-14(13)2)19(22)12-25-21(23)17-10-16-6-4-5-7-20(16)24-11-17/h4-9,17H,10-12H2,1-3H3. The molecule has 1 heterocycles. The molecule has 0 fully saturated rings. The summed E-state index contributed by atoms with van der Waals surface area (Å²) in [6, 6.07) is 11.5. The summed E-state index contributed by atoms with van der Waals surface area (Å²) in [5.74, 6) is -0.118. The first-order valence-corrected chi connectivity index (χ1v) is 8.44. The van der Waals surface area contributed by atoms with Gasteiger partial charge in [-0.15, -0.1) is 0 Å². The number of carbonyl (C=O) groups is 2. The van der Waals surface area contributed by atoms with Crippen LogP contribution < -0.4 is 4.74 Å².